The number of hydrogen-bond acceptors (Lipinski definition) is 6. The standard InChI is InChI=1S/C24H24N2O5S/c1-29-19-8-5-4-7-18(19)26-22(27)15-32-17-13-11-16(12-14-17)25-24(28)23-20(30-2)9-6-10-21(23)31-3/h4-14H,15H2,1-3H3,(H,25,28)(H,26,27). The minimum atomic E-state index is -0.337. The highest BCUT2D eigenvalue weighted by Gasteiger charge is 2.18. The molecule has 32 heavy (non-hydrogen) atoms. The fourth-order valence-electron chi connectivity index (χ4n) is 2.99. The van der Waals surface area contributed by atoms with Crippen molar-refractivity contribution in [3.8, 4) is 17.2 Å². The number of amides is 2. The van der Waals surface area contributed by atoms with Gasteiger partial charge in [-0.1, -0.05) is 18.2 Å². The molecule has 0 heterocycles. The van der Waals surface area contributed by atoms with Gasteiger partial charge in [-0.25, -0.2) is 0 Å². The van der Waals surface area contributed by atoms with Gasteiger partial charge in [0.1, 0.15) is 22.8 Å². The first-order chi connectivity index (χ1) is 15.5. The predicted molar refractivity (Wildman–Crippen MR) is 126 cm³/mol. The molecule has 3 aromatic carbocycles. The van der Waals surface area contributed by atoms with E-state index in [9.17, 15) is 9.59 Å². The lowest BCUT2D eigenvalue weighted by atomic mass is 10.1. The van der Waals surface area contributed by atoms with E-state index in [0.29, 0.717) is 34.2 Å². The largest absolute Gasteiger partial charge is 0.496 e. The van der Waals surface area contributed by atoms with Gasteiger partial charge in [0.15, 0.2) is 0 Å². The molecule has 3 rings (SSSR count). The summed E-state index contributed by atoms with van der Waals surface area (Å²) in [6.07, 6.45) is 0. The van der Waals surface area contributed by atoms with Crippen LogP contribution in [0.2, 0.25) is 0 Å². The van der Waals surface area contributed by atoms with E-state index in [4.69, 9.17) is 14.2 Å². The quantitative estimate of drug-likeness (QED) is 0.458. The Morgan fingerprint density at radius 2 is 1.34 bits per heavy atom. The molecule has 0 fully saturated rings. The molecule has 0 aliphatic heterocycles. The zero-order valence-corrected chi connectivity index (χ0v) is 18.8. The fraction of sp³-hybridized carbons (Fsp3) is 0.167. The van der Waals surface area contributed by atoms with Crippen molar-refractivity contribution in [3.63, 3.8) is 0 Å². The van der Waals surface area contributed by atoms with Crippen LogP contribution >= 0.6 is 11.8 Å². The van der Waals surface area contributed by atoms with Gasteiger partial charge in [-0.3, -0.25) is 9.59 Å². The maximum absolute atomic E-state index is 12.8. The Labute approximate surface area is 191 Å². The molecule has 0 saturated carbocycles. The van der Waals surface area contributed by atoms with Crippen LogP contribution in [0.5, 0.6) is 17.2 Å². The maximum atomic E-state index is 12.8. The molecule has 0 radical (unpaired) electrons. The van der Waals surface area contributed by atoms with Crippen molar-refractivity contribution in [1.29, 1.82) is 0 Å². The molecule has 0 spiro atoms. The lowest BCUT2D eigenvalue weighted by molar-refractivity contribution is -0.113. The first-order valence-electron chi connectivity index (χ1n) is 9.73. The van der Waals surface area contributed by atoms with E-state index in [2.05, 4.69) is 10.6 Å². The molecule has 2 amide bonds. The van der Waals surface area contributed by atoms with E-state index in [1.54, 1.807) is 49.6 Å². The SMILES string of the molecule is COc1ccccc1NC(=O)CSc1ccc(NC(=O)c2c(OC)cccc2OC)cc1. The van der Waals surface area contributed by atoms with Crippen LogP contribution in [0.1, 0.15) is 10.4 Å². The molecule has 0 atom stereocenters. The third kappa shape index (κ3) is 5.73. The number of thioether (sulfide) groups is 1. The molecule has 7 nitrogen and oxygen atoms in total. The number of carbonyl (C=O) groups excluding carboxylic acids is 2. The Hall–Kier alpha value is -3.65. The van der Waals surface area contributed by atoms with Crippen molar-refractivity contribution < 1.29 is 23.8 Å². The van der Waals surface area contributed by atoms with Crippen molar-refractivity contribution in [1.82, 2.24) is 0 Å². The molecular formula is C24H24N2O5S. The number of hydrogen-bond donors (Lipinski definition) is 2. The highest BCUT2D eigenvalue weighted by atomic mass is 32.2. The van der Waals surface area contributed by atoms with Crippen molar-refractivity contribution in [2.24, 2.45) is 0 Å². The Morgan fingerprint density at radius 1 is 0.750 bits per heavy atom. The summed E-state index contributed by atoms with van der Waals surface area (Å²) in [6.45, 7) is 0. The fourth-order valence-corrected chi connectivity index (χ4v) is 3.68. The van der Waals surface area contributed by atoms with E-state index < -0.39 is 0 Å². The topological polar surface area (TPSA) is 85.9 Å². The maximum Gasteiger partial charge on any atom is 0.263 e. The number of carbonyl (C=O) groups is 2. The lowest BCUT2D eigenvalue weighted by Gasteiger charge is -2.13. The van der Waals surface area contributed by atoms with Gasteiger partial charge in [-0.05, 0) is 48.5 Å². The molecule has 0 aromatic heterocycles. The van der Waals surface area contributed by atoms with Crippen LogP contribution in [-0.4, -0.2) is 38.9 Å². The van der Waals surface area contributed by atoms with Crippen molar-refractivity contribution in [2.45, 2.75) is 4.90 Å². The second kappa shape index (κ2) is 11.1. The minimum Gasteiger partial charge on any atom is -0.496 e. The number of para-hydroxylation sites is 2. The highest BCUT2D eigenvalue weighted by Crippen LogP contribution is 2.29. The van der Waals surface area contributed by atoms with Gasteiger partial charge in [0, 0.05) is 10.6 Å². The van der Waals surface area contributed by atoms with Gasteiger partial charge >= 0.3 is 0 Å². The van der Waals surface area contributed by atoms with Crippen LogP contribution in [0.15, 0.2) is 71.6 Å². The van der Waals surface area contributed by atoms with Crippen LogP contribution in [-0.2, 0) is 4.79 Å². The third-order valence-corrected chi connectivity index (χ3v) is 5.53. The summed E-state index contributed by atoms with van der Waals surface area (Å²) >= 11 is 1.39. The Kier molecular flexibility index (Phi) is 7.99. The van der Waals surface area contributed by atoms with E-state index in [1.807, 2.05) is 24.3 Å². The van der Waals surface area contributed by atoms with Crippen molar-refractivity contribution >= 4 is 35.0 Å². The lowest BCUT2D eigenvalue weighted by Crippen LogP contribution is -2.15. The van der Waals surface area contributed by atoms with E-state index in [-0.39, 0.29) is 17.6 Å². The second-order valence-electron chi connectivity index (χ2n) is 6.55. The molecule has 166 valence electrons. The number of methoxy groups -OCH3 is 3. The van der Waals surface area contributed by atoms with Crippen LogP contribution in [0.4, 0.5) is 11.4 Å². The first kappa shape index (κ1) is 23.0. The minimum absolute atomic E-state index is 0.139. The van der Waals surface area contributed by atoms with Gasteiger partial charge in [-0.2, -0.15) is 0 Å². The van der Waals surface area contributed by atoms with E-state index in [0.717, 1.165) is 4.90 Å². The number of nitrogens with one attached hydrogen (secondary N) is 2. The van der Waals surface area contributed by atoms with Gasteiger partial charge in [0.05, 0.1) is 32.8 Å². The zero-order valence-electron chi connectivity index (χ0n) is 18.0. The predicted octanol–water partition coefficient (Wildman–Crippen LogP) is 4.70. The zero-order chi connectivity index (χ0) is 22.9. The number of rotatable bonds is 9. The van der Waals surface area contributed by atoms with Gasteiger partial charge in [-0.15, -0.1) is 11.8 Å². The smallest absolute Gasteiger partial charge is 0.263 e. The van der Waals surface area contributed by atoms with E-state index in [1.165, 1.54) is 26.0 Å². The summed E-state index contributed by atoms with van der Waals surface area (Å²) in [4.78, 5) is 25.9. The van der Waals surface area contributed by atoms with E-state index >= 15 is 0 Å². The highest BCUT2D eigenvalue weighted by molar-refractivity contribution is 8.00. The Balaban J connectivity index is 1.59. The van der Waals surface area contributed by atoms with Crippen LogP contribution < -0.4 is 24.8 Å². The molecule has 0 aliphatic rings. The third-order valence-electron chi connectivity index (χ3n) is 4.52. The average molecular weight is 453 g/mol. The molecule has 2 N–H and O–H groups in total. The average Bonchev–Trinajstić information content (AvgIpc) is 2.83. The number of anilines is 2. The summed E-state index contributed by atoms with van der Waals surface area (Å²) in [5, 5.41) is 5.69. The van der Waals surface area contributed by atoms with Crippen molar-refractivity contribution in [2.75, 3.05) is 37.7 Å². The summed E-state index contributed by atoms with van der Waals surface area (Å²) in [7, 11) is 4.56. The number of benzene rings is 3. The summed E-state index contributed by atoms with van der Waals surface area (Å²) in [6, 6.07) is 19.6. The summed E-state index contributed by atoms with van der Waals surface area (Å²) < 4.78 is 15.8. The second-order valence-corrected chi connectivity index (χ2v) is 7.60. The molecule has 3 aromatic rings. The molecular weight excluding hydrogens is 428 g/mol. The van der Waals surface area contributed by atoms with Gasteiger partial charge < -0.3 is 24.8 Å². The van der Waals surface area contributed by atoms with Gasteiger partial charge in [0.2, 0.25) is 5.91 Å². The van der Waals surface area contributed by atoms with Crippen LogP contribution in [0.25, 0.3) is 0 Å². The first-order valence-corrected chi connectivity index (χ1v) is 10.7. The molecule has 0 saturated heterocycles. The molecule has 8 heteroatoms. The van der Waals surface area contributed by atoms with Crippen LogP contribution in [0, 0.1) is 0 Å². The Morgan fingerprint density at radius 3 is 1.97 bits per heavy atom. The number of ether oxygens (including phenoxy) is 3. The summed E-state index contributed by atoms with van der Waals surface area (Å²) in [5.41, 5.74) is 1.57. The molecule has 0 bridgehead atoms. The Bertz CT molecular complexity index is 1060. The monoisotopic (exact) mass is 452 g/mol. The summed E-state index contributed by atoms with van der Waals surface area (Å²) in [5.74, 6) is 1.22. The van der Waals surface area contributed by atoms with Crippen LogP contribution in [0.3, 0.4) is 0 Å². The normalized spacial score (nSPS) is 10.2. The van der Waals surface area contributed by atoms with Crippen molar-refractivity contribution in [3.05, 3.63) is 72.3 Å². The molecule has 0 unspecified atom stereocenters. The van der Waals surface area contributed by atoms with Gasteiger partial charge in [0.25, 0.3) is 5.91 Å². The molecule has 0 aliphatic carbocycles.